The summed E-state index contributed by atoms with van der Waals surface area (Å²) in [5.41, 5.74) is -0.584. The zero-order chi connectivity index (χ0) is 24.7. The molecule has 13 heteroatoms. The Bertz CT molecular complexity index is 1520. The minimum absolute atomic E-state index is 0.00926. The predicted molar refractivity (Wildman–Crippen MR) is 125 cm³/mol. The van der Waals surface area contributed by atoms with Crippen LogP contribution in [0.25, 0.3) is 16.2 Å². The van der Waals surface area contributed by atoms with E-state index in [1.807, 2.05) is 0 Å². The zero-order valence-corrected chi connectivity index (χ0v) is 18.8. The molecule has 178 valence electrons. The number of pyridine rings is 3. The maximum atomic E-state index is 15.0. The van der Waals surface area contributed by atoms with Crippen LogP contribution in [-0.2, 0) is 6.42 Å². The van der Waals surface area contributed by atoms with Crippen molar-refractivity contribution in [3.63, 3.8) is 0 Å². The van der Waals surface area contributed by atoms with Gasteiger partial charge in [-0.3, -0.25) is 24.5 Å². The first-order valence-electron chi connectivity index (χ1n) is 10.5. The van der Waals surface area contributed by atoms with Gasteiger partial charge in [0, 0.05) is 54.9 Å². The van der Waals surface area contributed by atoms with Crippen LogP contribution in [0.15, 0.2) is 47.0 Å². The number of carbonyl (C=O) groups is 1. The van der Waals surface area contributed by atoms with Crippen LogP contribution in [0.3, 0.4) is 0 Å². The highest BCUT2D eigenvalue weighted by atomic mass is 32.1. The summed E-state index contributed by atoms with van der Waals surface area (Å²) in [7, 11) is 0. The van der Waals surface area contributed by atoms with E-state index in [-0.39, 0.29) is 28.5 Å². The summed E-state index contributed by atoms with van der Waals surface area (Å²) in [6.07, 6.45) is 5.37. The first-order chi connectivity index (χ1) is 16.8. The van der Waals surface area contributed by atoms with E-state index in [4.69, 9.17) is 0 Å². The summed E-state index contributed by atoms with van der Waals surface area (Å²) in [5.74, 6) is -1.87. The van der Waals surface area contributed by atoms with E-state index in [2.05, 4.69) is 15.0 Å². The van der Waals surface area contributed by atoms with Gasteiger partial charge in [0.2, 0.25) is 5.43 Å². The van der Waals surface area contributed by atoms with Crippen LogP contribution in [0, 0.1) is 21.8 Å². The Morgan fingerprint density at radius 3 is 2.77 bits per heavy atom. The molecular formula is C22H17FN6O5S. The average molecular weight is 496 g/mol. The van der Waals surface area contributed by atoms with E-state index in [0.29, 0.717) is 36.8 Å². The molecule has 5 rings (SSSR count). The lowest BCUT2D eigenvalue weighted by Crippen LogP contribution is -2.47. The summed E-state index contributed by atoms with van der Waals surface area (Å²) in [4.78, 5) is 49.2. The third-order valence-electron chi connectivity index (χ3n) is 5.85. The van der Waals surface area contributed by atoms with Crippen molar-refractivity contribution in [3.05, 3.63) is 79.6 Å². The molecule has 0 amide bonds. The maximum absolute atomic E-state index is 15.0. The number of aryl methyl sites for hydroxylation is 1. The zero-order valence-electron chi connectivity index (χ0n) is 18.0. The van der Waals surface area contributed by atoms with E-state index in [9.17, 15) is 29.2 Å². The monoisotopic (exact) mass is 496 g/mol. The van der Waals surface area contributed by atoms with Crippen LogP contribution in [0.2, 0.25) is 0 Å². The number of thiazole rings is 1. The maximum Gasteiger partial charge on any atom is 0.341 e. The quantitative estimate of drug-likeness (QED) is 0.301. The lowest BCUT2D eigenvalue weighted by molar-refractivity contribution is -0.385. The van der Waals surface area contributed by atoms with Crippen molar-refractivity contribution in [1.29, 1.82) is 0 Å². The van der Waals surface area contributed by atoms with E-state index in [0.717, 1.165) is 12.3 Å². The van der Waals surface area contributed by atoms with Gasteiger partial charge in [0.25, 0.3) is 5.69 Å². The van der Waals surface area contributed by atoms with Gasteiger partial charge in [-0.15, -0.1) is 11.3 Å². The number of hydrogen-bond donors (Lipinski definition) is 1. The number of nitro groups is 1. The number of aromatic nitrogens is 4. The van der Waals surface area contributed by atoms with Crippen molar-refractivity contribution in [2.24, 2.45) is 5.92 Å². The number of halogens is 1. The van der Waals surface area contributed by atoms with Crippen LogP contribution in [0.4, 0.5) is 15.9 Å². The Morgan fingerprint density at radius 2 is 2.09 bits per heavy atom. The second-order valence-corrected chi connectivity index (χ2v) is 8.97. The molecule has 1 aliphatic heterocycles. The summed E-state index contributed by atoms with van der Waals surface area (Å²) in [5, 5.41) is 22.3. The van der Waals surface area contributed by atoms with Gasteiger partial charge in [-0.1, -0.05) is 0 Å². The molecule has 1 aliphatic rings. The van der Waals surface area contributed by atoms with Gasteiger partial charge in [-0.2, -0.15) is 0 Å². The first-order valence-corrected chi connectivity index (χ1v) is 11.4. The fraction of sp³-hybridized carbons (Fsp3) is 0.227. The molecule has 0 spiro atoms. The van der Waals surface area contributed by atoms with Crippen LogP contribution >= 0.6 is 11.3 Å². The molecule has 0 aromatic carbocycles. The molecule has 4 aromatic heterocycles. The minimum atomic E-state index is -1.42. The average Bonchev–Trinajstić information content (AvgIpc) is 3.33. The van der Waals surface area contributed by atoms with Crippen molar-refractivity contribution in [1.82, 2.24) is 19.5 Å². The van der Waals surface area contributed by atoms with Crippen LogP contribution in [0.1, 0.15) is 22.5 Å². The van der Waals surface area contributed by atoms with Gasteiger partial charge in [0.05, 0.1) is 10.3 Å². The van der Waals surface area contributed by atoms with Crippen molar-refractivity contribution < 1.29 is 19.2 Å². The Hall–Kier alpha value is -4.26. The molecule has 0 radical (unpaired) electrons. The Morgan fingerprint density at radius 1 is 1.29 bits per heavy atom. The van der Waals surface area contributed by atoms with Gasteiger partial charge in [-0.05, 0) is 24.8 Å². The third-order valence-corrected chi connectivity index (χ3v) is 6.62. The van der Waals surface area contributed by atoms with E-state index >= 15 is 0 Å². The number of carboxylic acids is 1. The van der Waals surface area contributed by atoms with Gasteiger partial charge in [-0.25, -0.2) is 19.2 Å². The fourth-order valence-corrected chi connectivity index (χ4v) is 4.68. The lowest BCUT2D eigenvalue weighted by Gasteiger charge is -2.40. The standard InChI is InChI=1S/C22H17FN6O5S/c23-17-8-15-18(30)16(21(31)32)11-28(22-25-5-6-35-22)19(15)26-20(17)27-9-12(10-27)1-2-13-7-14(29(33)34)3-4-24-13/h3-8,11-12H,1-2,9-10H2,(H,31,32). The van der Waals surface area contributed by atoms with E-state index in [1.54, 1.807) is 10.3 Å². The molecule has 0 bridgehead atoms. The van der Waals surface area contributed by atoms with Crippen LogP contribution in [0.5, 0.6) is 0 Å². The van der Waals surface area contributed by atoms with Crippen LogP contribution < -0.4 is 10.3 Å². The molecule has 35 heavy (non-hydrogen) atoms. The molecule has 5 heterocycles. The number of anilines is 1. The van der Waals surface area contributed by atoms with Gasteiger partial charge in [0.15, 0.2) is 22.4 Å². The van der Waals surface area contributed by atoms with Gasteiger partial charge >= 0.3 is 5.97 Å². The summed E-state index contributed by atoms with van der Waals surface area (Å²) in [6, 6.07) is 3.81. The highest BCUT2D eigenvalue weighted by Crippen LogP contribution is 2.30. The highest BCUT2D eigenvalue weighted by molar-refractivity contribution is 7.12. The SMILES string of the molecule is O=C(O)c1cn(-c2nccs2)c2nc(N3CC(CCc4cc([N+](=O)[O-])ccn4)C3)c(F)cc2c1=O. The molecule has 1 fully saturated rings. The molecule has 0 aliphatic carbocycles. The summed E-state index contributed by atoms with van der Waals surface area (Å²) < 4.78 is 16.4. The molecule has 1 N–H and O–H groups in total. The Kier molecular flexibility index (Phi) is 5.68. The second kappa shape index (κ2) is 8.83. The largest absolute Gasteiger partial charge is 0.477 e. The molecule has 11 nitrogen and oxygen atoms in total. The second-order valence-electron chi connectivity index (χ2n) is 8.10. The number of fused-ring (bicyclic) bond motifs is 1. The Labute approximate surface area is 200 Å². The van der Waals surface area contributed by atoms with Gasteiger partial charge < -0.3 is 10.0 Å². The number of hydrogen-bond acceptors (Lipinski definition) is 9. The molecule has 4 aromatic rings. The summed E-state index contributed by atoms with van der Waals surface area (Å²) >= 11 is 1.22. The smallest absolute Gasteiger partial charge is 0.341 e. The van der Waals surface area contributed by atoms with E-state index in [1.165, 1.54) is 40.4 Å². The van der Waals surface area contributed by atoms with E-state index < -0.39 is 27.7 Å². The molecule has 0 atom stereocenters. The molecule has 1 saturated heterocycles. The van der Waals surface area contributed by atoms with Crippen molar-refractivity contribution in [3.8, 4) is 5.13 Å². The first kappa shape index (κ1) is 22.5. The molecule has 0 unspecified atom stereocenters. The van der Waals surface area contributed by atoms with Crippen LogP contribution in [-0.4, -0.2) is 48.6 Å². The normalized spacial score (nSPS) is 13.7. The van der Waals surface area contributed by atoms with Crippen molar-refractivity contribution >= 4 is 39.8 Å². The van der Waals surface area contributed by atoms with Crippen molar-refractivity contribution in [2.75, 3.05) is 18.0 Å². The fourth-order valence-electron chi connectivity index (χ4n) is 4.06. The molecular weight excluding hydrogens is 479 g/mol. The predicted octanol–water partition coefficient (Wildman–Crippen LogP) is 3.05. The Balaban J connectivity index is 1.39. The van der Waals surface area contributed by atoms with Gasteiger partial charge in [0.1, 0.15) is 5.56 Å². The number of carboxylic acid groups (broad SMARTS) is 1. The lowest BCUT2D eigenvalue weighted by atomic mass is 9.93. The minimum Gasteiger partial charge on any atom is -0.477 e. The molecule has 0 saturated carbocycles. The number of aromatic carboxylic acids is 1. The number of rotatable bonds is 7. The third kappa shape index (κ3) is 4.21. The van der Waals surface area contributed by atoms with Crippen molar-refractivity contribution in [2.45, 2.75) is 12.8 Å². The number of nitrogens with zero attached hydrogens (tertiary/aromatic N) is 6. The topological polar surface area (TPSA) is 144 Å². The highest BCUT2D eigenvalue weighted by Gasteiger charge is 2.31. The summed E-state index contributed by atoms with van der Waals surface area (Å²) in [6.45, 7) is 1.03.